The average molecular weight is 262 g/mol. The molecule has 2 heteroatoms. The van der Waals surface area contributed by atoms with Gasteiger partial charge in [0, 0.05) is 6.54 Å². The Bertz CT molecular complexity index is 692. The van der Waals surface area contributed by atoms with Crippen LogP contribution in [-0.4, -0.2) is 0 Å². The minimum absolute atomic E-state index is 0.136. The molecule has 0 aromatic heterocycles. The maximum absolute atomic E-state index is 6.14. The molecule has 0 heterocycles. The van der Waals surface area contributed by atoms with Crippen LogP contribution in [0.3, 0.4) is 0 Å². The summed E-state index contributed by atoms with van der Waals surface area (Å²) >= 11 is 0. The van der Waals surface area contributed by atoms with Gasteiger partial charge in [0.1, 0.15) is 0 Å². The monoisotopic (exact) mass is 262 g/mol. The van der Waals surface area contributed by atoms with Crippen molar-refractivity contribution in [3.63, 3.8) is 0 Å². The summed E-state index contributed by atoms with van der Waals surface area (Å²) in [6.07, 6.45) is -0.136. The van der Waals surface area contributed by atoms with E-state index in [1.54, 1.807) is 0 Å². The third kappa shape index (κ3) is 2.87. The SMILES string of the molecule is NC(NCc1ccc2ccccc2c1)c1ccccc1. The third-order valence-electron chi connectivity index (χ3n) is 3.50. The van der Waals surface area contributed by atoms with Gasteiger partial charge in [-0.05, 0) is 28.0 Å². The molecule has 20 heavy (non-hydrogen) atoms. The van der Waals surface area contributed by atoms with E-state index in [0.717, 1.165) is 12.1 Å². The Morgan fingerprint density at radius 2 is 1.50 bits per heavy atom. The lowest BCUT2D eigenvalue weighted by Crippen LogP contribution is -2.28. The van der Waals surface area contributed by atoms with Crippen LogP contribution >= 0.6 is 0 Å². The first-order chi connectivity index (χ1) is 9.83. The molecule has 0 spiro atoms. The second-order valence-electron chi connectivity index (χ2n) is 4.95. The Hall–Kier alpha value is -2.16. The Labute approximate surface area is 119 Å². The molecule has 2 nitrogen and oxygen atoms in total. The van der Waals surface area contributed by atoms with Crippen molar-refractivity contribution < 1.29 is 0 Å². The molecule has 0 saturated carbocycles. The summed E-state index contributed by atoms with van der Waals surface area (Å²) < 4.78 is 0. The van der Waals surface area contributed by atoms with E-state index in [-0.39, 0.29) is 6.17 Å². The maximum atomic E-state index is 6.14. The molecule has 0 radical (unpaired) electrons. The number of rotatable bonds is 4. The van der Waals surface area contributed by atoms with Gasteiger partial charge < -0.3 is 5.73 Å². The molecule has 3 N–H and O–H groups in total. The van der Waals surface area contributed by atoms with Gasteiger partial charge >= 0.3 is 0 Å². The second-order valence-corrected chi connectivity index (χ2v) is 4.95. The van der Waals surface area contributed by atoms with E-state index in [9.17, 15) is 0 Å². The number of benzene rings is 3. The van der Waals surface area contributed by atoms with E-state index in [1.165, 1.54) is 16.3 Å². The topological polar surface area (TPSA) is 38.0 Å². The van der Waals surface area contributed by atoms with Gasteiger partial charge in [-0.25, -0.2) is 0 Å². The third-order valence-corrected chi connectivity index (χ3v) is 3.50. The van der Waals surface area contributed by atoms with E-state index in [4.69, 9.17) is 5.73 Å². The quantitative estimate of drug-likeness (QED) is 0.705. The summed E-state index contributed by atoms with van der Waals surface area (Å²) in [5.41, 5.74) is 8.49. The molecule has 3 aromatic rings. The van der Waals surface area contributed by atoms with Gasteiger partial charge in [-0.15, -0.1) is 0 Å². The van der Waals surface area contributed by atoms with Gasteiger partial charge in [-0.2, -0.15) is 0 Å². The number of fused-ring (bicyclic) bond motifs is 1. The highest BCUT2D eigenvalue weighted by atomic mass is 15.0. The van der Waals surface area contributed by atoms with Crippen molar-refractivity contribution in [2.24, 2.45) is 5.73 Å². The first-order valence-corrected chi connectivity index (χ1v) is 6.84. The fourth-order valence-corrected chi connectivity index (χ4v) is 2.35. The van der Waals surface area contributed by atoms with Crippen LogP contribution in [0.5, 0.6) is 0 Å². The molecule has 100 valence electrons. The fraction of sp³-hybridized carbons (Fsp3) is 0.111. The van der Waals surface area contributed by atoms with Gasteiger partial charge in [-0.1, -0.05) is 66.7 Å². The summed E-state index contributed by atoms with van der Waals surface area (Å²) in [4.78, 5) is 0. The van der Waals surface area contributed by atoms with Crippen molar-refractivity contribution in [3.8, 4) is 0 Å². The van der Waals surface area contributed by atoms with Crippen molar-refractivity contribution in [3.05, 3.63) is 83.9 Å². The minimum atomic E-state index is -0.136. The van der Waals surface area contributed by atoms with Crippen molar-refractivity contribution in [2.75, 3.05) is 0 Å². The minimum Gasteiger partial charge on any atom is -0.312 e. The zero-order valence-electron chi connectivity index (χ0n) is 11.3. The van der Waals surface area contributed by atoms with Crippen LogP contribution in [0.4, 0.5) is 0 Å². The highest BCUT2D eigenvalue weighted by Gasteiger charge is 2.04. The first kappa shape index (κ1) is 12.9. The molecule has 3 rings (SSSR count). The molecule has 1 unspecified atom stereocenters. The summed E-state index contributed by atoms with van der Waals surface area (Å²) in [6.45, 7) is 0.765. The summed E-state index contributed by atoms with van der Waals surface area (Å²) in [5, 5.41) is 5.89. The van der Waals surface area contributed by atoms with Crippen molar-refractivity contribution in [2.45, 2.75) is 12.7 Å². The summed E-state index contributed by atoms with van der Waals surface area (Å²) in [7, 11) is 0. The smallest absolute Gasteiger partial charge is 0.0812 e. The lowest BCUT2D eigenvalue weighted by atomic mass is 10.1. The number of nitrogens with one attached hydrogen (secondary N) is 1. The second kappa shape index (κ2) is 5.87. The lowest BCUT2D eigenvalue weighted by molar-refractivity contribution is 0.552. The number of nitrogens with two attached hydrogens (primary N) is 1. The molecule has 3 aromatic carbocycles. The van der Waals surface area contributed by atoms with Crippen LogP contribution < -0.4 is 11.1 Å². The average Bonchev–Trinajstić information content (AvgIpc) is 2.53. The van der Waals surface area contributed by atoms with Crippen LogP contribution in [-0.2, 0) is 6.54 Å². The Balaban J connectivity index is 1.70. The molecule has 0 aliphatic carbocycles. The Morgan fingerprint density at radius 3 is 2.30 bits per heavy atom. The maximum Gasteiger partial charge on any atom is 0.0812 e. The standard InChI is InChI=1S/C18H18N2/c19-18(16-7-2-1-3-8-16)20-13-14-10-11-15-6-4-5-9-17(15)12-14/h1-12,18,20H,13,19H2. The Morgan fingerprint density at radius 1 is 0.800 bits per heavy atom. The number of hydrogen-bond donors (Lipinski definition) is 2. The summed E-state index contributed by atoms with van der Waals surface area (Å²) in [5.74, 6) is 0. The molecular weight excluding hydrogens is 244 g/mol. The van der Waals surface area contributed by atoms with Crippen molar-refractivity contribution in [1.29, 1.82) is 0 Å². The van der Waals surface area contributed by atoms with Gasteiger partial charge in [0.25, 0.3) is 0 Å². The predicted octanol–water partition coefficient (Wildman–Crippen LogP) is 3.59. The molecule has 0 aliphatic rings. The molecule has 1 atom stereocenters. The molecule has 0 fully saturated rings. The highest BCUT2D eigenvalue weighted by molar-refractivity contribution is 5.82. The number of hydrogen-bond acceptors (Lipinski definition) is 2. The van der Waals surface area contributed by atoms with E-state index in [0.29, 0.717) is 0 Å². The van der Waals surface area contributed by atoms with Gasteiger partial charge in [0.15, 0.2) is 0 Å². The lowest BCUT2D eigenvalue weighted by Gasteiger charge is -2.14. The zero-order chi connectivity index (χ0) is 13.8. The van der Waals surface area contributed by atoms with Crippen LogP contribution in [0.15, 0.2) is 72.8 Å². The normalized spacial score (nSPS) is 12.4. The fourth-order valence-electron chi connectivity index (χ4n) is 2.35. The molecule has 0 aliphatic heterocycles. The zero-order valence-corrected chi connectivity index (χ0v) is 11.3. The van der Waals surface area contributed by atoms with Gasteiger partial charge in [0.05, 0.1) is 6.17 Å². The Kier molecular flexibility index (Phi) is 3.77. The van der Waals surface area contributed by atoms with Crippen LogP contribution in [0.2, 0.25) is 0 Å². The largest absolute Gasteiger partial charge is 0.312 e. The van der Waals surface area contributed by atoms with Gasteiger partial charge in [-0.3, -0.25) is 5.32 Å². The molecule has 0 amide bonds. The molecule has 0 bridgehead atoms. The van der Waals surface area contributed by atoms with E-state index >= 15 is 0 Å². The molecule has 0 saturated heterocycles. The van der Waals surface area contributed by atoms with Crippen molar-refractivity contribution >= 4 is 10.8 Å². The summed E-state index contributed by atoms with van der Waals surface area (Å²) in [6, 6.07) is 25.0. The van der Waals surface area contributed by atoms with E-state index < -0.39 is 0 Å². The van der Waals surface area contributed by atoms with Gasteiger partial charge in [0.2, 0.25) is 0 Å². The van der Waals surface area contributed by atoms with Crippen LogP contribution in [0.1, 0.15) is 17.3 Å². The van der Waals surface area contributed by atoms with Crippen LogP contribution in [0, 0.1) is 0 Å². The molecular formula is C18H18N2. The van der Waals surface area contributed by atoms with E-state index in [2.05, 4.69) is 47.8 Å². The predicted molar refractivity (Wildman–Crippen MR) is 84.2 cm³/mol. The first-order valence-electron chi connectivity index (χ1n) is 6.84. The van der Waals surface area contributed by atoms with Crippen LogP contribution in [0.25, 0.3) is 10.8 Å². The van der Waals surface area contributed by atoms with Crippen molar-refractivity contribution in [1.82, 2.24) is 5.32 Å². The van der Waals surface area contributed by atoms with E-state index in [1.807, 2.05) is 30.3 Å². The highest BCUT2D eigenvalue weighted by Crippen LogP contribution is 2.16.